The van der Waals surface area contributed by atoms with E-state index in [4.69, 9.17) is 15.3 Å². The molecular formula is C37H78O4Ti. The van der Waals surface area contributed by atoms with E-state index in [2.05, 4.69) is 27.0 Å². The summed E-state index contributed by atoms with van der Waals surface area (Å²) >= 11 is 0. The number of hydrogen-bond acceptors (Lipinski definition) is 4. The summed E-state index contributed by atoms with van der Waals surface area (Å²) in [6.07, 6.45) is 31.0. The number of hydrogen-bond donors (Lipinski definition) is 4. The molecule has 0 saturated carbocycles. The van der Waals surface area contributed by atoms with Crippen LogP contribution in [0.15, 0.2) is 24.3 Å². The molecule has 0 aliphatic rings. The number of rotatable bonds is 25. The van der Waals surface area contributed by atoms with Gasteiger partial charge in [0, 0.05) is 27.8 Å². The van der Waals surface area contributed by atoms with Crippen LogP contribution < -0.4 is 0 Å². The third-order valence-electron chi connectivity index (χ3n) is 6.57. The Morgan fingerprint density at radius 1 is 0.476 bits per heavy atom. The maximum Gasteiger partial charge on any atom is 0.0636 e. The van der Waals surface area contributed by atoms with Gasteiger partial charge in [-0.15, -0.1) is 0 Å². The van der Waals surface area contributed by atoms with Gasteiger partial charge in [-0.2, -0.15) is 0 Å². The van der Waals surface area contributed by atoms with Gasteiger partial charge in [-0.25, -0.2) is 0 Å². The molecule has 4 N–H and O–H groups in total. The van der Waals surface area contributed by atoms with E-state index in [-0.39, 0.29) is 47.1 Å². The van der Waals surface area contributed by atoms with Gasteiger partial charge in [0.05, 0.1) is 19.3 Å². The molecule has 0 aliphatic carbocycles. The predicted molar refractivity (Wildman–Crippen MR) is 185 cm³/mol. The second kappa shape index (κ2) is 48.0. The minimum atomic E-state index is -0.167. The minimum Gasteiger partial charge on any atom is -0.394 e. The number of unbranched alkanes of at least 4 members (excludes halogenated alkanes) is 19. The first-order valence-corrected chi connectivity index (χ1v) is 17.4. The monoisotopic (exact) mass is 635 g/mol. The normalized spacial score (nSPS) is 10.7. The fourth-order valence-corrected chi connectivity index (χ4v) is 4.06. The van der Waals surface area contributed by atoms with Crippen molar-refractivity contribution in [2.45, 2.75) is 201 Å². The van der Waals surface area contributed by atoms with Crippen molar-refractivity contribution in [3.63, 3.8) is 0 Å². The maximum atomic E-state index is 10.1. The summed E-state index contributed by atoms with van der Waals surface area (Å²) in [4.78, 5) is 0. The van der Waals surface area contributed by atoms with Crippen LogP contribution in [0, 0.1) is 0 Å². The molecule has 5 heteroatoms. The van der Waals surface area contributed by atoms with Crippen molar-refractivity contribution in [3.05, 3.63) is 24.3 Å². The third-order valence-corrected chi connectivity index (χ3v) is 6.57. The summed E-state index contributed by atoms with van der Waals surface area (Å²) in [5, 5.41) is 34.3. The van der Waals surface area contributed by atoms with E-state index < -0.39 is 0 Å². The van der Waals surface area contributed by atoms with E-state index in [1.165, 1.54) is 135 Å². The van der Waals surface area contributed by atoms with Crippen molar-refractivity contribution in [1.82, 2.24) is 0 Å². The Morgan fingerprint density at radius 3 is 0.810 bits per heavy atom. The van der Waals surface area contributed by atoms with Crippen molar-refractivity contribution in [2.75, 3.05) is 13.2 Å². The van der Waals surface area contributed by atoms with Gasteiger partial charge in [-0.05, 0) is 40.5 Å². The third kappa shape index (κ3) is 72.4. The zero-order valence-electron chi connectivity index (χ0n) is 29.5. The molecule has 254 valence electrons. The first-order chi connectivity index (χ1) is 19.6. The molecule has 0 aliphatic heterocycles. The largest absolute Gasteiger partial charge is 0.394 e. The summed E-state index contributed by atoms with van der Waals surface area (Å²) in [5.41, 5.74) is 1.62. The molecule has 0 aromatic rings. The fourth-order valence-electron chi connectivity index (χ4n) is 4.06. The molecule has 1 atom stereocenters. The molecule has 0 fully saturated rings. The van der Waals surface area contributed by atoms with Crippen molar-refractivity contribution >= 4 is 0 Å². The van der Waals surface area contributed by atoms with E-state index in [9.17, 15) is 5.11 Å². The Balaban J connectivity index is -0.000000250. The van der Waals surface area contributed by atoms with Crippen molar-refractivity contribution in [3.8, 4) is 0 Å². The van der Waals surface area contributed by atoms with Gasteiger partial charge in [-0.3, -0.25) is 0 Å². The van der Waals surface area contributed by atoms with Crippen LogP contribution in [0.25, 0.3) is 0 Å². The van der Waals surface area contributed by atoms with Gasteiger partial charge in [0.2, 0.25) is 0 Å². The fraction of sp³-hybridized carbons (Fsp3) is 0.892. The molecular weight excluding hydrogens is 556 g/mol. The maximum absolute atomic E-state index is 10.1. The molecule has 1 unspecified atom stereocenters. The molecule has 0 aromatic heterocycles. The van der Waals surface area contributed by atoms with Gasteiger partial charge >= 0.3 is 0 Å². The van der Waals surface area contributed by atoms with Gasteiger partial charge in [0.25, 0.3) is 0 Å². The molecule has 0 rings (SSSR count). The average molecular weight is 635 g/mol. The first kappa shape index (κ1) is 51.6. The molecule has 0 heterocycles. The van der Waals surface area contributed by atoms with Crippen molar-refractivity contribution in [2.24, 2.45) is 0 Å². The van der Waals surface area contributed by atoms with Crippen LogP contribution in [0.3, 0.4) is 0 Å². The van der Waals surface area contributed by atoms with Crippen LogP contribution in [-0.4, -0.2) is 45.8 Å². The summed E-state index contributed by atoms with van der Waals surface area (Å²) in [7, 11) is 0. The molecule has 0 aromatic carbocycles. The van der Waals surface area contributed by atoms with Gasteiger partial charge < -0.3 is 20.4 Å². The van der Waals surface area contributed by atoms with Crippen LogP contribution in [0.5, 0.6) is 0 Å². The van der Waals surface area contributed by atoms with E-state index in [0.29, 0.717) is 0 Å². The summed E-state index contributed by atoms with van der Waals surface area (Å²) in [5.74, 6) is 0. The van der Waals surface area contributed by atoms with Crippen LogP contribution in [0.2, 0.25) is 0 Å². The van der Waals surface area contributed by atoms with E-state index in [0.717, 1.165) is 24.0 Å². The van der Waals surface area contributed by atoms with E-state index >= 15 is 0 Å². The van der Waals surface area contributed by atoms with E-state index in [1.54, 1.807) is 27.7 Å². The van der Waals surface area contributed by atoms with Crippen LogP contribution in [-0.2, 0) is 21.7 Å². The molecule has 0 radical (unpaired) electrons. The Kier molecular flexibility index (Phi) is 58.9. The zero-order valence-corrected chi connectivity index (χ0v) is 31.1. The smallest absolute Gasteiger partial charge is 0.0636 e. The number of aliphatic hydroxyl groups is 4. The molecule has 0 spiro atoms. The van der Waals surface area contributed by atoms with Gasteiger partial charge in [0.15, 0.2) is 0 Å². The summed E-state index contributed by atoms with van der Waals surface area (Å²) in [6, 6.07) is 0. The molecule has 0 bridgehead atoms. The molecule has 0 amide bonds. The molecule has 4 nitrogen and oxygen atoms in total. The molecule has 0 saturated heterocycles. The Morgan fingerprint density at radius 2 is 0.643 bits per heavy atom. The number of aliphatic hydroxyl groups excluding tert-OH is 4. The topological polar surface area (TPSA) is 80.9 Å². The van der Waals surface area contributed by atoms with Crippen molar-refractivity contribution in [1.29, 1.82) is 0 Å². The summed E-state index contributed by atoms with van der Waals surface area (Å²) < 4.78 is 0. The Bertz CT molecular complexity index is 466. The van der Waals surface area contributed by atoms with Crippen LogP contribution in [0.1, 0.15) is 189 Å². The van der Waals surface area contributed by atoms with Crippen molar-refractivity contribution < 1.29 is 42.1 Å². The average Bonchev–Trinajstić information content (AvgIpc) is 2.93. The standard InChI is InChI=1S/C26H54O.2C4H8O.C3H8O.Ti/c1-3-5-7-9-11-13-15-17-19-21-23-25-26(27)24-22-20-18-16-14-12-10-8-6-4-2;2*1-4(2)3-5;1-3(2)4;/h26-27H,3-25H2,1-2H3;2*5H,1,3H2,2H3;3-4H,1-2H3;. The Labute approximate surface area is 280 Å². The van der Waals surface area contributed by atoms with Gasteiger partial charge in [0.1, 0.15) is 0 Å². The second-order valence-electron chi connectivity index (χ2n) is 12.3. The van der Waals surface area contributed by atoms with Crippen LogP contribution in [0.4, 0.5) is 0 Å². The second-order valence-corrected chi connectivity index (χ2v) is 12.3. The minimum absolute atomic E-state index is 0. The quantitative estimate of drug-likeness (QED) is 0.0458. The SMILES string of the molecule is C=C(C)CO.C=C(C)CO.CC(C)O.CCCCCCCCCCCCCC(O)CCCCCCCCCCCC.[Ti]. The van der Waals surface area contributed by atoms with Gasteiger partial charge in [-0.1, -0.05) is 173 Å². The zero-order chi connectivity index (χ0) is 32.0. The first-order valence-electron chi connectivity index (χ1n) is 17.4. The van der Waals surface area contributed by atoms with Crippen LogP contribution >= 0.6 is 0 Å². The molecule has 42 heavy (non-hydrogen) atoms. The van der Waals surface area contributed by atoms with E-state index in [1.807, 2.05) is 0 Å². The summed E-state index contributed by atoms with van der Waals surface area (Å²) in [6.45, 7) is 18.6. The predicted octanol–water partition coefficient (Wildman–Crippen LogP) is 10.9. The Hall–Kier alpha value is 0.0343.